The van der Waals surface area contributed by atoms with Crippen molar-refractivity contribution < 1.29 is 18.7 Å². The number of nitrogens with zero attached hydrogens (tertiary/aromatic N) is 1. The Hall–Kier alpha value is -2.73. The van der Waals surface area contributed by atoms with E-state index in [1.54, 1.807) is 11.8 Å². The van der Waals surface area contributed by atoms with Crippen LogP contribution in [0.1, 0.15) is 35.7 Å². The number of amides is 1. The van der Waals surface area contributed by atoms with E-state index < -0.39 is 5.82 Å². The Morgan fingerprint density at radius 3 is 2.60 bits per heavy atom. The molecule has 1 atom stereocenters. The third-order valence-corrected chi connectivity index (χ3v) is 6.50. The van der Waals surface area contributed by atoms with Crippen LogP contribution in [0.4, 0.5) is 10.1 Å². The summed E-state index contributed by atoms with van der Waals surface area (Å²) in [7, 11) is 1.81. The summed E-state index contributed by atoms with van der Waals surface area (Å²) in [6, 6.07) is 11.5. The summed E-state index contributed by atoms with van der Waals surface area (Å²) in [4.78, 5) is 27.9. The lowest BCUT2D eigenvalue weighted by atomic mass is 9.53. The fraction of sp³-hybridized carbons (Fsp3) is 0.417. The van der Waals surface area contributed by atoms with Gasteiger partial charge in [0.1, 0.15) is 11.6 Å². The fourth-order valence-electron chi connectivity index (χ4n) is 4.80. The average Bonchev–Trinajstić information content (AvgIpc) is 2.66. The molecule has 1 saturated heterocycles. The quantitative estimate of drug-likeness (QED) is 0.737. The van der Waals surface area contributed by atoms with Gasteiger partial charge in [-0.1, -0.05) is 18.2 Å². The van der Waals surface area contributed by atoms with Crippen LogP contribution in [0, 0.1) is 24.1 Å². The van der Waals surface area contributed by atoms with Gasteiger partial charge < -0.3 is 15.0 Å². The molecule has 1 saturated carbocycles. The van der Waals surface area contributed by atoms with Crippen molar-refractivity contribution in [2.45, 2.75) is 32.7 Å². The van der Waals surface area contributed by atoms with Crippen molar-refractivity contribution in [3.8, 4) is 5.75 Å². The molecule has 2 aromatic rings. The number of aryl methyl sites for hydroxylation is 1. The summed E-state index contributed by atoms with van der Waals surface area (Å²) in [5, 5.41) is 3.23. The van der Waals surface area contributed by atoms with Crippen molar-refractivity contribution >= 4 is 17.4 Å². The predicted octanol–water partition coefficient (Wildman–Crippen LogP) is 3.75. The van der Waals surface area contributed by atoms with Crippen molar-refractivity contribution in [1.29, 1.82) is 0 Å². The number of halogens is 1. The Morgan fingerprint density at radius 2 is 1.97 bits per heavy atom. The van der Waals surface area contributed by atoms with E-state index in [4.69, 9.17) is 4.74 Å². The third kappa shape index (κ3) is 3.39. The number of carbonyl (C=O) groups excluding carboxylic acids is 2. The lowest BCUT2D eigenvalue weighted by Crippen LogP contribution is -2.71. The van der Waals surface area contributed by atoms with Gasteiger partial charge in [-0.15, -0.1) is 0 Å². The molecule has 4 rings (SSSR count). The first-order valence-electron chi connectivity index (χ1n) is 10.4. The molecule has 0 radical (unpaired) electrons. The van der Waals surface area contributed by atoms with Crippen LogP contribution in [-0.2, 0) is 4.79 Å². The van der Waals surface area contributed by atoms with Crippen LogP contribution in [0.2, 0.25) is 0 Å². The third-order valence-electron chi connectivity index (χ3n) is 6.50. The predicted molar refractivity (Wildman–Crippen MR) is 113 cm³/mol. The number of rotatable bonds is 6. The smallest absolute Gasteiger partial charge is 0.229 e. The molecule has 1 N–H and O–H groups in total. The molecule has 30 heavy (non-hydrogen) atoms. The Labute approximate surface area is 176 Å². The van der Waals surface area contributed by atoms with Crippen LogP contribution in [0.5, 0.6) is 5.75 Å². The topological polar surface area (TPSA) is 58.6 Å². The molecule has 0 aromatic heterocycles. The van der Waals surface area contributed by atoms with Crippen LogP contribution < -0.4 is 15.0 Å². The van der Waals surface area contributed by atoms with Gasteiger partial charge in [0.2, 0.25) is 5.91 Å². The van der Waals surface area contributed by atoms with Gasteiger partial charge in [0.25, 0.3) is 0 Å². The molecule has 1 unspecified atom stereocenters. The number of ketones is 1. The highest BCUT2D eigenvalue weighted by Gasteiger charge is 2.60. The number of para-hydroxylation sites is 1. The minimum atomic E-state index is -0.431. The zero-order valence-corrected chi connectivity index (χ0v) is 17.6. The highest BCUT2D eigenvalue weighted by molar-refractivity contribution is 6.04. The number of Topliss-reactive ketones (excluding diaryl/α,β-unsaturated/α-hetero) is 1. The molecule has 158 valence electrons. The van der Waals surface area contributed by atoms with Crippen LogP contribution in [0.25, 0.3) is 0 Å². The molecular formula is C24H27FN2O3. The van der Waals surface area contributed by atoms with Crippen LogP contribution in [-0.4, -0.2) is 37.9 Å². The summed E-state index contributed by atoms with van der Waals surface area (Å²) < 4.78 is 19.1. The molecule has 1 amide bonds. The Bertz CT molecular complexity index is 984. The number of carbonyl (C=O) groups is 2. The number of anilines is 1. The molecule has 5 nitrogen and oxygen atoms in total. The number of hydrogen-bond acceptors (Lipinski definition) is 4. The van der Waals surface area contributed by atoms with E-state index in [1.807, 2.05) is 38.2 Å². The van der Waals surface area contributed by atoms with Crippen molar-refractivity contribution in [2.75, 3.05) is 25.1 Å². The monoisotopic (exact) mass is 410 g/mol. The molecule has 1 aliphatic carbocycles. The van der Waals surface area contributed by atoms with Gasteiger partial charge in [0.05, 0.1) is 18.2 Å². The summed E-state index contributed by atoms with van der Waals surface area (Å²) in [5.41, 5.74) is 2.15. The molecule has 1 heterocycles. The van der Waals surface area contributed by atoms with Gasteiger partial charge >= 0.3 is 0 Å². The number of hydrogen-bond donors (Lipinski definition) is 1. The van der Waals surface area contributed by atoms with Crippen LogP contribution in [0.3, 0.4) is 0 Å². The molecule has 0 bridgehead atoms. The van der Waals surface area contributed by atoms with E-state index in [2.05, 4.69) is 5.32 Å². The normalized spacial score (nSPS) is 24.7. The maximum atomic E-state index is 13.6. The Balaban J connectivity index is 1.45. The van der Waals surface area contributed by atoms with E-state index in [0.717, 1.165) is 11.3 Å². The second-order valence-electron chi connectivity index (χ2n) is 8.40. The molecule has 2 aliphatic rings. The minimum Gasteiger partial charge on any atom is -0.493 e. The van der Waals surface area contributed by atoms with Gasteiger partial charge in [-0.25, -0.2) is 4.39 Å². The zero-order valence-electron chi connectivity index (χ0n) is 17.6. The van der Waals surface area contributed by atoms with Gasteiger partial charge in [-0.05, 0) is 50.5 Å². The van der Waals surface area contributed by atoms with E-state index in [-0.39, 0.29) is 34.8 Å². The molecule has 2 aromatic carbocycles. The van der Waals surface area contributed by atoms with E-state index in [0.29, 0.717) is 31.6 Å². The maximum absolute atomic E-state index is 13.6. The van der Waals surface area contributed by atoms with E-state index in [9.17, 15) is 14.0 Å². The number of benzene rings is 2. The second-order valence-corrected chi connectivity index (χ2v) is 8.40. The summed E-state index contributed by atoms with van der Waals surface area (Å²) in [6.45, 7) is 4.86. The van der Waals surface area contributed by atoms with E-state index in [1.165, 1.54) is 18.2 Å². The Morgan fingerprint density at radius 1 is 1.23 bits per heavy atom. The SMILES string of the molecule is CCOc1cc(F)ccc1C(=O)C1NCC12CC(C(=O)N(C)c1ccccc1C)C2. The average molecular weight is 410 g/mol. The standard InChI is InChI=1S/C24H27FN2O3/c1-4-30-20-11-17(25)9-10-18(20)21(28)22-24(14-26-22)12-16(13-24)23(29)27(3)19-8-6-5-7-15(19)2/h5-11,16,22,26H,4,12-14H2,1-3H3. The van der Waals surface area contributed by atoms with Gasteiger partial charge in [0, 0.05) is 36.7 Å². The van der Waals surface area contributed by atoms with E-state index >= 15 is 0 Å². The summed E-state index contributed by atoms with van der Waals surface area (Å²) >= 11 is 0. The van der Waals surface area contributed by atoms with Gasteiger partial charge in [-0.3, -0.25) is 9.59 Å². The van der Waals surface area contributed by atoms with Crippen LogP contribution >= 0.6 is 0 Å². The molecular weight excluding hydrogens is 383 g/mol. The fourth-order valence-corrected chi connectivity index (χ4v) is 4.80. The van der Waals surface area contributed by atoms with Crippen molar-refractivity contribution in [1.82, 2.24) is 5.32 Å². The molecule has 1 spiro atoms. The zero-order chi connectivity index (χ0) is 21.5. The maximum Gasteiger partial charge on any atom is 0.229 e. The van der Waals surface area contributed by atoms with Crippen molar-refractivity contribution in [3.63, 3.8) is 0 Å². The largest absolute Gasteiger partial charge is 0.493 e. The highest BCUT2D eigenvalue weighted by atomic mass is 19.1. The first-order valence-corrected chi connectivity index (χ1v) is 10.4. The van der Waals surface area contributed by atoms with Gasteiger partial charge in [0.15, 0.2) is 5.78 Å². The molecule has 6 heteroatoms. The molecule has 2 fully saturated rings. The number of nitrogens with one attached hydrogen (secondary N) is 1. The van der Waals surface area contributed by atoms with Crippen molar-refractivity contribution in [3.05, 3.63) is 59.4 Å². The summed E-state index contributed by atoms with van der Waals surface area (Å²) in [6.07, 6.45) is 1.35. The Kier molecular flexibility index (Phi) is 5.36. The first kappa shape index (κ1) is 20.5. The van der Waals surface area contributed by atoms with Crippen LogP contribution in [0.15, 0.2) is 42.5 Å². The first-order chi connectivity index (χ1) is 14.4. The minimum absolute atomic E-state index is 0.0878. The second kappa shape index (κ2) is 7.84. The molecule has 1 aliphatic heterocycles. The highest BCUT2D eigenvalue weighted by Crippen LogP contribution is 2.53. The van der Waals surface area contributed by atoms with Gasteiger partial charge in [-0.2, -0.15) is 0 Å². The number of ether oxygens (including phenoxy) is 1. The lowest BCUT2D eigenvalue weighted by Gasteiger charge is -2.59. The van der Waals surface area contributed by atoms with Crippen molar-refractivity contribution in [2.24, 2.45) is 11.3 Å². The summed E-state index contributed by atoms with van der Waals surface area (Å²) in [5.74, 6) is -0.253. The lowest BCUT2D eigenvalue weighted by molar-refractivity contribution is -0.134.